The highest BCUT2D eigenvalue weighted by molar-refractivity contribution is 7.71. The van der Waals surface area contributed by atoms with Crippen molar-refractivity contribution < 1.29 is 0 Å². The Morgan fingerprint density at radius 1 is 1.09 bits per heavy atom. The normalized spacial score (nSPS) is 19.7. The van der Waals surface area contributed by atoms with E-state index in [9.17, 15) is 0 Å². The van der Waals surface area contributed by atoms with Gasteiger partial charge in [0.1, 0.15) is 5.82 Å². The average molecular weight is 342 g/mol. The van der Waals surface area contributed by atoms with E-state index in [-0.39, 0.29) is 0 Å². The third-order valence-corrected chi connectivity index (χ3v) is 4.94. The van der Waals surface area contributed by atoms with Gasteiger partial charge in [-0.05, 0) is 61.3 Å². The van der Waals surface area contributed by atoms with Crippen molar-refractivity contribution in [3.05, 3.63) is 75.3 Å². The molecule has 0 unspecified atom stereocenters. The first-order chi connectivity index (χ1) is 11.1. The van der Waals surface area contributed by atoms with Gasteiger partial charge < -0.3 is 0 Å². The van der Waals surface area contributed by atoms with Gasteiger partial charge in [-0.15, -0.1) is 0 Å². The van der Waals surface area contributed by atoms with Gasteiger partial charge in [-0.2, -0.15) is 5.10 Å². The van der Waals surface area contributed by atoms with Crippen molar-refractivity contribution in [3.8, 4) is 5.69 Å². The number of H-pyrrole nitrogens is 1. The number of nitrogens with one attached hydrogen (secondary N) is 1. The quantitative estimate of drug-likeness (QED) is 0.667. The predicted octanol–water partition coefficient (Wildman–Crippen LogP) is 5.16. The molecule has 1 heterocycles. The summed E-state index contributed by atoms with van der Waals surface area (Å²) in [5.41, 5.74) is 3.60. The van der Waals surface area contributed by atoms with Gasteiger partial charge in [0.05, 0.1) is 0 Å². The molecule has 2 aromatic carbocycles. The predicted molar refractivity (Wildman–Crippen MR) is 95.0 cm³/mol. The van der Waals surface area contributed by atoms with Crippen LogP contribution in [-0.2, 0) is 0 Å². The summed E-state index contributed by atoms with van der Waals surface area (Å²) in [6.07, 6.45) is 1.09. The van der Waals surface area contributed by atoms with Crippen molar-refractivity contribution in [2.75, 3.05) is 0 Å². The summed E-state index contributed by atoms with van der Waals surface area (Å²) in [7, 11) is 0. The van der Waals surface area contributed by atoms with E-state index in [0.29, 0.717) is 16.6 Å². The van der Waals surface area contributed by atoms with Crippen LogP contribution in [0.15, 0.2) is 48.5 Å². The van der Waals surface area contributed by atoms with Crippen molar-refractivity contribution in [2.45, 2.75) is 25.2 Å². The van der Waals surface area contributed by atoms with Gasteiger partial charge in [-0.1, -0.05) is 41.4 Å². The number of hydrogen-bond acceptors (Lipinski definition) is 2. The molecule has 116 valence electrons. The zero-order valence-corrected chi connectivity index (χ0v) is 14.2. The Morgan fingerprint density at radius 3 is 2.48 bits per heavy atom. The third-order valence-electron chi connectivity index (χ3n) is 4.41. The van der Waals surface area contributed by atoms with Gasteiger partial charge in [0.15, 0.2) is 4.77 Å². The van der Waals surface area contributed by atoms with Crippen LogP contribution in [0.1, 0.15) is 35.2 Å². The molecule has 0 spiro atoms. The van der Waals surface area contributed by atoms with Crippen LogP contribution >= 0.6 is 23.8 Å². The minimum Gasteiger partial charge on any atom is -0.272 e. The Bertz CT molecular complexity index is 893. The van der Waals surface area contributed by atoms with E-state index in [1.807, 2.05) is 12.1 Å². The highest BCUT2D eigenvalue weighted by Crippen LogP contribution is 2.54. The van der Waals surface area contributed by atoms with Crippen LogP contribution in [0.2, 0.25) is 5.02 Å². The summed E-state index contributed by atoms with van der Waals surface area (Å²) in [6.45, 7) is 2.08. The second-order valence-corrected chi connectivity index (χ2v) is 6.88. The van der Waals surface area contributed by atoms with Gasteiger partial charge in [0.25, 0.3) is 0 Å². The maximum Gasteiger partial charge on any atom is 0.199 e. The molecular formula is C18H16ClN3S. The molecule has 4 rings (SSSR count). The summed E-state index contributed by atoms with van der Waals surface area (Å²) < 4.78 is 2.70. The molecule has 3 aromatic rings. The SMILES string of the molecule is Cc1ccc(-n2c([C@@H]3C[C@H]3c3ccc(Cl)cc3)n[nH]c2=S)cc1. The lowest BCUT2D eigenvalue weighted by atomic mass is 10.1. The first-order valence-electron chi connectivity index (χ1n) is 7.63. The van der Waals surface area contributed by atoms with E-state index < -0.39 is 0 Å². The van der Waals surface area contributed by atoms with E-state index in [1.54, 1.807) is 0 Å². The molecule has 0 bridgehead atoms. The summed E-state index contributed by atoms with van der Waals surface area (Å²) >= 11 is 11.4. The molecule has 5 heteroatoms. The lowest BCUT2D eigenvalue weighted by Gasteiger charge is -2.07. The second-order valence-electron chi connectivity index (χ2n) is 6.06. The Kier molecular flexibility index (Phi) is 3.58. The fraction of sp³-hybridized carbons (Fsp3) is 0.222. The van der Waals surface area contributed by atoms with Gasteiger partial charge in [0.2, 0.25) is 0 Å². The number of halogens is 1. The summed E-state index contributed by atoms with van der Waals surface area (Å²) in [5.74, 6) is 1.89. The fourth-order valence-electron chi connectivity index (χ4n) is 3.06. The monoisotopic (exact) mass is 341 g/mol. The Morgan fingerprint density at radius 2 is 1.78 bits per heavy atom. The molecule has 2 atom stereocenters. The van der Waals surface area contributed by atoms with Crippen molar-refractivity contribution in [1.29, 1.82) is 0 Å². The maximum absolute atomic E-state index is 5.98. The first kappa shape index (κ1) is 14.7. The third kappa shape index (κ3) is 2.73. The molecule has 0 aliphatic heterocycles. The molecular weight excluding hydrogens is 326 g/mol. The number of hydrogen-bond donors (Lipinski definition) is 1. The molecule has 1 aliphatic carbocycles. The molecule has 1 aliphatic rings. The summed E-state index contributed by atoms with van der Waals surface area (Å²) in [5, 5.41) is 8.21. The van der Waals surface area contributed by atoms with E-state index in [1.165, 1.54) is 11.1 Å². The van der Waals surface area contributed by atoms with Crippen LogP contribution in [0.25, 0.3) is 5.69 Å². The molecule has 0 radical (unpaired) electrons. The topological polar surface area (TPSA) is 33.6 Å². The van der Waals surface area contributed by atoms with Gasteiger partial charge in [-0.25, -0.2) is 0 Å². The lowest BCUT2D eigenvalue weighted by molar-refractivity contribution is 0.846. The maximum atomic E-state index is 5.98. The van der Waals surface area contributed by atoms with E-state index >= 15 is 0 Å². The smallest absolute Gasteiger partial charge is 0.199 e. The Hall–Kier alpha value is -1.91. The van der Waals surface area contributed by atoms with Gasteiger partial charge in [0, 0.05) is 16.6 Å². The van der Waals surface area contributed by atoms with Crippen molar-refractivity contribution in [1.82, 2.24) is 14.8 Å². The Labute approximate surface area is 144 Å². The molecule has 1 fully saturated rings. The average Bonchev–Trinajstić information content (AvgIpc) is 3.25. The van der Waals surface area contributed by atoms with Gasteiger partial charge >= 0.3 is 0 Å². The number of nitrogens with zero attached hydrogens (tertiary/aromatic N) is 2. The van der Waals surface area contributed by atoms with Crippen LogP contribution in [0.3, 0.4) is 0 Å². The number of aryl methyl sites for hydroxylation is 1. The highest BCUT2D eigenvalue weighted by atomic mass is 35.5. The van der Waals surface area contributed by atoms with Crippen molar-refractivity contribution in [3.63, 3.8) is 0 Å². The van der Waals surface area contributed by atoms with Crippen LogP contribution in [0.4, 0.5) is 0 Å². The number of aromatic amines is 1. The zero-order chi connectivity index (χ0) is 16.0. The Balaban J connectivity index is 1.68. The molecule has 3 nitrogen and oxygen atoms in total. The number of benzene rings is 2. The van der Waals surface area contributed by atoms with Crippen molar-refractivity contribution in [2.24, 2.45) is 0 Å². The van der Waals surface area contributed by atoms with E-state index in [2.05, 4.69) is 58.1 Å². The molecule has 1 aromatic heterocycles. The molecule has 0 amide bonds. The molecule has 1 saturated carbocycles. The van der Waals surface area contributed by atoms with Crippen LogP contribution < -0.4 is 0 Å². The minimum absolute atomic E-state index is 0.394. The van der Waals surface area contributed by atoms with Gasteiger partial charge in [-0.3, -0.25) is 9.67 Å². The second kappa shape index (κ2) is 5.62. The van der Waals surface area contributed by atoms with E-state index in [4.69, 9.17) is 23.8 Å². The highest BCUT2D eigenvalue weighted by Gasteiger charge is 2.43. The largest absolute Gasteiger partial charge is 0.272 e. The van der Waals surface area contributed by atoms with E-state index in [0.717, 1.165) is 23.0 Å². The molecule has 0 saturated heterocycles. The zero-order valence-electron chi connectivity index (χ0n) is 12.7. The fourth-order valence-corrected chi connectivity index (χ4v) is 3.43. The first-order valence-corrected chi connectivity index (χ1v) is 8.42. The summed E-state index contributed by atoms with van der Waals surface area (Å²) in [4.78, 5) is 0. The molecule has 1 N–H and O–H groups in total. The lowest BCUT2D eigenvalue weighted by Crippen LogP contribution is -2.01. The minimum atomic E-state index is 0.394. The molecule has 23 heavy (non-hydrogen) atoms. The van der Waals surface area contributed by atoms with Crippen LogP contribution in [0.5, 0.6) is 0 Å². The van der Waals surface area contributed by atoms with Crippen LogP contribution in [0, 0.1) is 11.7 Å². The number of rotatable bonds is 3. The standard InChI is InChI=1S/C18H16ClN3S/c1-11-2-8-14(9-3-11)22-17(20-21-18(22)23)16-10-15(16)12-4-6-13(19)7-5-12/h2-9,15-16H,10H2,1H3,(H,21,23)/t15-,16+/m0/s1. The number of aromatic nitrogens is 3. The van der Waals surface area contributed by atoms with Crippen LogP contribution in [-0.4, -0.2) is 14.8 Å². The van der Waals surface area contributed by atoms with Crippen molar-refractivity contribution >= 4 is 23.8 Å². The summed E-state index contributed by atoms with van der Waals surface area (Å²) in [6, 6.07) is 16.5.